The second kappa shape index (κ2) is 4.28. The zero-order valence-electron chi connectivity index (χ0n) is 8.72. The fourth-order valence-corrected chi connectivity index (χ4v) is 1.49. The number of aliphatic hydroxyl groups excluding tert-OH is 1. The van der Waals surface area contributed by atoms with Gasteiger partial charge in [0.25, 0.3) is 0 Å². The second-order valence-corrected chi connectivity index (χ2v) is 3.45. The van der Waals surface area contributed by atoms with Crippen molar-refractivity contribution < 1.29 is 5.11 Å². The van der Waals surface area contributed by atoms with E-state index in [2.05, 4.69) is 4.98 Å². The molecule has 0 saturated heterocycles. The summed E-state index contributed by atoms with van der Waals surface area (Å²) in [6.07, 6.45) is 6.71. The molecule has 0 saturated carbocycles. The SMILES string of the molecule is CCC(=Cc1cn2ccccc2n1)CO. The molecule has 0 fully saturated rings. The van der Waals surface area contributed by atoms with Gasteiger partial charge < -0.3 is 9.51 Å². The van der Waals surface area contributed by atoms with Crippen LogP contribution in [0.5, 0.6) is 0 Å². The minimum atomic E-state index is 0.102. The van der Waals surface area contributed by atoms with Crippen LogP contribution in [0.25, 0.3) is 11.7 Å². The summed E-state index contributed by atoms with van der Waals surface area (Å²) < 4.78 is 1.97. The van der Waals surface area contributed by atoms with Crippen LogP contribution in [0.2, 0.25) is 0 Å². The third kappa shape index (κ3) is 2.07. The molecule has 15 heavy (non-hydrogen) atoms. The predicted octanol–water partition coefficient (Wildman–Crippen LogP) is 2.12. The molecule has 2 aromatic heterocycles. The molecule has 3 nitrogen and oxygen atoms in total. The fourth-order valence-electron chi connectivity index (χ4n) is 1.49. The maximum atomic E-state index is 9.06. The van der Waals surface area contributed by atoms with E-state index in [9.17, 15) is 0 Å². The van der Waals surface area contributed by atoms with E-state index in [4.69, 9.17) is 5.11 Å². The quantitative estimate of drug-likeness (QED) is 0.827. The number of hydrogen-bond donors (Lipinski definition) is 1. The van der Waals surface area contributed by atoms with Crippen molar-refractivity contribution in [3.8, 4) is 0 Å². The normalized spacial score (nSPS) is 12.3. The lowest BCUT2D eigenvalue weighted by atomic mass is 10.2. The van der Waals surface area contributed by atoms with Gasteiger partial charge in [-0.15, -0.1) is 0 Å². The molecule has 2 rings (SSSR count). The van der Waals surface area contributed by atoms with Gasteiger partial charge in [0, 0.05) is 12.4 Å². The highest BCUT2D eigenvalue weighted by Crippen LogP contribution is 2.10. The van der Waals surface area contributed by atoms with Gasteiger partial charge in [-0.05, 0) is 30.2 Å². The van der Waals surface area contributed by atoms with E-state index in [-0.39, 0.29) is 6.61 Å². The molecule has 0 bridgehead atoms. The van der Waals surface area contributed by atoms with Gasteiger partial charge in [0.05, 0.1) is 12.3 Å². The minimum Gasteiger partial charge on any atom is -0.392 e. The molecule has 3 heteroatoms. The molecule has 0 aliphatic heterocycles. The van der Waals surface area contributed by atoms with E-state index < -0.39 is 0 Å². The van der Waals surface area contributed by atoms with Crippen LogP contribution < -0.4 is 0 Å². The van der Waals surface area contributed by atoms with Crippen molar-refractivity contribution in [3.05, 3.63) is 41.9 Å². The Labute approximate surface area is 88.7 Å². The summed E-state index contributed by atoms with van der Waals surface area (Å²) >= 11 is 0. The minimum absolute atomic E-state index is 0.102. The summed E-state index contributed by atoms with van der Waals surface area (Å²) in [6.45, 7) is 2.13. The molecule has 2 aromatic rings. The van der Waals surface area contributed by atoms with Crippen molar-refractivity contribution in [1.82, 2.24) is 9.38 Å². The zero-order chi connectivity index (χ0) is 10.7. The lowest BCUT2D eigenvalue weighted by Gasteiger charge is -1.95. The summed E-state index contributed by atoms with van der Waals surface area (Å²) in [7, 11) is 0. The number of nitrogens with zero attached hydrogens (tertiary/aromatic N) is 2. The molecular formula is C12H14N2O. The molecule has 0 spiro atoms. The molecule has 0 aromatic carbocycles. The van der Waals surface area contributed by atoms with Gasteiger partial charge in [-0.2, -0.15) is 0 Å². The van der Waals surface area contributed by atoms with Crippen LogP contribution in [0.3, 0.4) is 0 Å². The Hall–Kier alpha value is -1.61. The topological polar surface area (TPSA) is 37.5 Å². The van der Waals surface area contributed by atoms with Gasteiger partial charge in [-0.3, -0.25) is 0 Å². The van der Waals surface area contributed by atoms with Crippen LogP contribution in [-0.2, 0) is 0 Å². The van der Waals surface area contributed by atoms with Crippen molar-refractivity contribution in [2.24, 2.45) is 0 Å². The lowest BCUT2D eigenvalue weighted by Crippen LogP contribution is -1.87. The first-order valence-electron chi connectivity index (χ1n) is 5.07. The van der Waals surface area contributed by atoms with E-state index >= 15 is 0 Å². The van der Waals surface area contributed by atoms with Crippen molar-refractivity contribution in [2.45, 2.75) is 13.3 Å². The number of hydrogen-bond acceptors (Lipinski definition) is 2. The highest BCUT2D eigenvalue weighted by molar-refractivity contribution is 5.53. The predicted molar refractivity (Wildman–Crippen MR) is 60.5 cm³/mol. The van der Waals surface area contributed by atoms with E-state index in [1.807, 2.05) is 48.0 Å². The van der Waals surface area contributed by atoms with Gasteiger partial charge in [0.15, 0.2) is 0 Å². The van der Waals surface area contributed by atoms with Gasteiger partial charge >= 0.3 is 0 Å². The molecule has 0 unspecified atom stereocenters. The smallest absolute Gasteiger partial charge is 0.137 e. The van der Waals surface area contributed by atoms with Crippen molar-refractivity contribution in [1.29, 1.82) is 0 Å². The molecule has 1 N–H and O–H groups in total. The van der Waals surface area contributed by atoms with Crippen LogP contribution in [0.4, 0.5) is 0 Å². The first-order chi connectivity index (χ1) is 7.33. The lowest BCUT2D eigenvalue weighted by molar-refractivity contribution is 0.329. The number of fused-ring (bicyclic) bond motifs is 1. The summed E-state index contributed by atoms with van der Waals surface area (Å²) in [4.78, 5) is 4.42. The summed E-state index contributed by atoms with van der Waals surface area (Å²) in [5, 5.41) is 9.06. The third-order valence-electron chi connectivity index (χ3n) is 2.39. The van der Waals surface area contributed by atoms with E-state index in [0.717, 1.165) is 23.3 Å². The number of imidazole rings is 1. The maximum absolute atomic E-state index is 9.06. The Bertz CT molecular complexity index is 446. The zero-order valence-corrected chi connectivity index (χ0v) is 8.72. The average Bonchev–Trinajstić information content (AvgIpc) is 2.68. The second-order valence-electron chi connectivity index (χ2n) is 3.45. The van der Waals surface area contributed by atoms with Gasteiger partial charge in [-0.25, -0.2) is 4.98 Å². The molecule has 0 radical (unpaired) electrons. The third-order valence-corrected chi connectivity index (χ3v) is 2.39. The van der Waals surface area contributed by atoms with Crippen molar-refractivity contribution >= 4 is 11.7 Å². The summed E-state index contributed by atoms with van der Waals surface area (Å²) in [6, 6.07) is 5.89. The van der Waals surface area contributed by atoms with Crippen LogP contribution in [0.15, 0.2) is 36.2 Å². The highest BCUT2D eigenvalue weighted by atomic mass is 16.3. The Morgan fingerprint density at radius 3 is 3.07 bits per heavy atom. The standard InChI is InChI=1S/C12H14N2O/c1-2-10(9-15)7-11-8-14-6-4-3-5-12(14)13-11/h3-8,15H,2,9H2,1H3. The number of aromatic nitrogens is 2. The largest absolute Gasteiger partial charge is 0.392 e. The van der Waals surface area contributed by atoms with Gasteiger partial charge in [0.2, 0.25) is 0 Å². The molecule has 0 aliphatic rings. The van der Waals surface area contributed by atoms with Crippen molar-refractivity contribution in [3.63, 3.8) is 0 Å². The van der Waals surface area contributed by atoms with E-state index in [1.165, 1.54) is 0 Å². The molecular weight excluding hydrogens is 188 g/mol. The van der Waals surface area contributed by atoms with Crippen LogP contribution in [-0.4, -0.2) is 21.1 Å². The fraction of sp³-hybridized carbons (Fsp3) is 0.250. The van der Waals surface area contributed by atoms with Crippen LogP contribution in [0, 0.1) is 0 Å². The van der Waals surface area contributed by atoms with Gasteiger partial charge in [0.1, 0.15) is 5.65 Å². The van der Waals surface area contributed by atoms with Crippen LogP contribution >= 0.6 is 0 Å². The first-order valence-corrected chi connectivity index (χ1v) is 5.07. The molecule has 0 aliphatic carbocycles. The number of aliphatic hydroxyl groups is 1. The Morgan fingerprint density at radius 1 is 1.53 bits per heavy atom. The first kappa shape index (κ1) is 9.93. The average molecular weight is 202 g/mol. The number of pyridine rings is 1. The Balaban J connectivity index is 2.40. The summed E-state index contributed by atoms with van der Waals surface area (Å²) in [5.74, 6) is 0. The summed E-state index contributed by atoms with van der Waals surface area (Å²) in [5.41, 5.74) is 2.82. The Kier molecular flexibility index (Phi) is 2.83. The van der Waals surface area contributed by atoms with Gasteiger partial charge in [-0.1, -0.05) is 13.0 Å². The highest BCUT2D eigenvalue weighted by Gasteiger charge is 1.99. The van der Waals surface area contributed by atoms with Crippen molar-refractivity contribution in [2.75, 3.05) is 6.61 Å². The molecule has 0 atom stereocenters. The van der Waals surface area contributed by atoms with E-state index in [0.29, 0.717) is 0 Å². The Morgan fingerprint density at radius 2 is 2.40 bits per heavy atom. The van der Waals surface area contributed by atoms with Crippen LogP contribution in [0.1, 0.15) is 19.0 Å². The monoisotopic (exact) mass is 202 g/mol. The molecule has 0 amide bonds. The number of rotatable bonds is 3. The molecule has 2 heterocycles. The molecule has 78 valence electrons. The van der Waals surface area contributed by atoms with E-state index in [1.54, 1.807) is 0 Å². The maximum Gasteiger partial charge on any atom is 0.137 e.